The fourth-order valence-corrected chi connectivity index (χ4v) is 3.04. The maximum atomic E-state index is 12.9. The Kier molecular flexibility index (Phi) is 6.92. The van der Waals surface area contributed by atoms with Gasteiger partial charge >= 0.3 is 0 Å². The van der Waals surface area contributed by atoms with Crippen LogP contribution in [-0.4, -0.2) is 53.7 Å². The molecule has 4 rings (SSSR count). The number of hydrogen-bond acceptors (Lipinski definition) is 7. The van der Waals surface area contributed by atoms with Crippen molar-refractivity contribution in [2.45, 2.75) is 6.54 Å². The summed E-state index contributed by atoms with van der Waals surface area (Å²) in [6.45, 7) is 1.71. The average molecular weight is 421 g/mol. The predicted octanol–water partition coefficient (Wildman–Crippen LogP) is 3.09. The maximum Gasteiger partial charge on any atom is 0.260 e. The van der Waals surface area contributed by atoms with Gasteiger partial charge < -0.3 is 23.8 Å². The van der Waals surface area contributed by atoms with Gasteiger partial charge in [0, 0.05) is 30.6 Å². The van der Waals surface area contributed by atoms with Gasteiger partial charge in [-0.05, 0) is 24.3 Å². The summed E-state index contributed by atoms with van der Waals surface area (Å²) in [4.78, 5) is 23.0. The SMILES string of the molecule is O=C(COc1ccccn1)N1CCOCCOc2ccccc2Oc2ncccc2C1. The first-order valence-corrected chi connectivity index (χ1v) is 10.0. The number of para-hydroxylation sites is 2. The number of benzene rings is 1. The molecule has 160 valence electrons. The Bertz CT molecular complexity index is 999. The molecule has 8 heteroatoms. The topological polar surface area (TPSA) is 83.0 Å². The number of pyridine rings is 2. The molecule has 0 N–H and O–H groups in total. The molecule has 0 saturated heterocycles. The molecule has 1 aliphatic heterocycles. The minimum absolute atomic E-state index is 0.126. The first-order valence-electron chi connectivity index (χ1n) is 10.0. The molecule has 1 aliphatic rings. The van der Waals surface area contributed by atoms with Gasteiger partial charge in [0.1, 0.15) is 6.61 Å². The Balaban J connectivity index is 1.54. The number of aromatic nitrogens is 2. The van der Waals surface area contributed by atoms with Crippen molar-refractivity contribution in [3.05, 3.63) is 72.6 Å². The van der Waals surface area contributed by atoms with E-state index in [-0.39, 0.29) is 12.5 Å². The van der Waals surface area contributed by atoms with Crippen molar-refractivity contribution in [3.63, 3.8) is 0 Å². The zero-order chi connectivity index (χ0) is 21.3. The van der Waals surface area contributed by atoms with Gasteiger partial charge in [0.25, 0.3) is 5.91 Å². The number of rotatable bonds is 3. The van der Waals surface area contributed by atoms with E-state index in [0.29, 0.717) is 56.2 Å². The van der Waals surface area contributed by atoms with Crippen LogP contribution in [0.4, 0.5) is 0 Å². The van der Waals surface area contributed by atoms with E-state index in [9.17, 15) is 4.79 Å². The van der Waals surface area contributed by atoms with E-state index in [4.69, 9.17) is 18.9 Å². The lowest BCUT2D eigenvalue weighted by Gasteiger charge is -2.23. The Morgan fingerprint density at radius 1 is 0.935 bits per heavy atom. The number of carbonyl (C=O) groups excluding carboxylic acids is 1. The first-order chi connectivity index (χ1) is 15.3. The van der Waals surface area contributed by atoms with Crippen molar-refractivity contribution in [3.8, 4) is 23.3 Å². The van der Waals surface area contributed by atoms with Gasteiger partial charge in [0.05, 0.1) is 19.8 Å². The zero-order valence-corrected chi connectivity index (χ0v) is 17.0. The molecule has 0 spiro atoms. The van der Waals surface area contributed by atoms with Gasteiger partial charge in [-0.1, -0.05) is 24.3 Å². The third-order valence-corrected chi connectivity index (χ3v) is 4.59. The quantitative estimate of drug-likeness (QED) is 0.643. The Morgan fingerprint density at radius 3 is 2.65 bits per heavy atom. The highest BCUT2D eigenvalue weighted by atomic mass is 16.5. The molecule has 3 heterocycles. The second-order valence-corrected chi connectivity index (χ2v) is 6.75. The Hall–Kier alpha value is -3.65. The van der Waals surface area contributed by atoms with Crippen LogP contribution >= 0.6 is 0 Å². The second-order valence-electron chi connectivity index (χ2n) is 6.75. The number of amides is 1. The van der Waals surface area contributed by atoms with Crippen LogP contribution in [0.1, 0.15) is 5.56 Å². The average Bonchev–Trinajstić information content (AvgIpc) is 2.82. The van der Waals surface area contributed by atoms with Crippen molar-refractivity contribution in [1.29, 1.82) is 0 Å². The molecule has 0 aliphatic carbocycles. The lowest BCUT2D eigenvalue weighted by atomic mass is 10.2. The smallest absolute Gasteiger partial charge is 0.260 e. The molecule has 0 atom stereocenters. The standard InChI is InChI=1S/C23H23N3O5/c27-22(17-30-21-9-3-4-10-24-21)26-12-13-28-14-15-29-19-7-1-2-8-20(19)31-23-18(16-26)6-5-11-25-23/h1-11H,12-17H2. The summed E-state index contributed by atoms with van der Waals surface area (Å²) in [6.07, 6.45) is 3.27. The van der Waals surface area contributed by atoms with Crippen molar-refractivity contribution >= 4 is 5.91 Å². The van der Waals surface area contributed by atoms with Gasteiger partial charge in [0.15, 0.2) is 18.1 Å². The summed E-state index contributed by atoms with van der Waals surface area (Å²) < 4.78 is 23.1. The van der Waals surface area contributed by atoms with E-state index in [1.54, 1.807) is 35.5 Å². The normalized spacial score (nSPS) is 14.4. The number of hydrogen-bond donors (Lipinski definition) is 0. The maximum absolute atomic E-state index is 12.9. The molecule has 0 unspecified atom stereocenters. The van der Waals surface area contributed by atoms with Gasteiger partial charge in [-0.25, -0.2) is 9.97 Å². The van der Waals surface area contributed by atoms with Crippen LogP contribution in [0.15, 0.2) is 67.0 Å². The fourth-order valence-electron chi connectivity index (χ4n) is 3.04. The summed E-state index contributed by atoms with van der Waals surface area (Å²) in [6, 6.07) is 16.4. The van der Waals surface area contributed by atoms with Crippen LogP contribution < -0.4 is 14.2 Å². The van der Waals surface area contributed by atoms with E-state index < -0.39 is 0 Å². The lowest BCUT2D eigenvalue weighted by Crippen LogP contribution is -2.37. The molecule has 31 heavy (non-hydrogen) atoms. The largest absolute Gasteiger partial charge is 0.487 e. The molecule has 8 nitrogen and oxygen atoms in total. The molecule has 2 aromatic heterocycles. The highest BCUT2D eigenvalue weighted by Gasteiger charge is 2.19. The summed E-state index contributed by atoms with van der Waals surface area (Å²) in [5.41, 5.74) is 0.766. The molecule has 1 aromatic carbocycles. The predicted molar refractivity (Wildman–Crippen MR) is 112 cm³/mol. The summed E-state index contributed by atoms with van der Waals surface area (Å²) in [5.74, 6) is 1.80. The number of fused-ring (bicyclic) bond motifs is 2. The van der Waals surface area contributed by atoms with E-state index >= 15 is 0 Å². The molecule has 1 amide bonds. The zero-order valence-electron chi connectivity index (χ0n) is 17.0. The van der Waals surface area contributed by atoms with Gasteiger partial charge in [0.2, 0.25) is 11.8 Å². The van der Waals surface area contributed by atoms with E-state index in [1.165, 1.54) is 0 Å². The van der Waals surface area contributed by atoms with Crippen LogP contribution in [-0.2, 0) is 16.1 Å². The van der Waals surface area contributed by atoms with Crippen molar-refractivity contribution < 1.29 is 23.7 Å². The van der Waals surface area contributed by atoms with Crippen molar-refractivity contribution in [2.75, 3.05) is 33.0 Å². The number of carbonyl (C=O) groups is 1. The summed E-state index contributed by atoms with van der Waals surface area (Å²) >= 11 is 0. The first kappa shape index (κ1) is 20.6. The number of ether oxygens (including phenoxy) is 4. The molecule has 0 bridgehead atoms. The van der Waals surface area contributed by atoms with Crippen LogP contribution in [0.2, 0.25) is 0 Å². The summed E-state index contributed by atoms with van der Waals surface area (Å²) in [5, 5.41) is 0. The third-order valence-electron chi connectivity index (χ3n) is 4.59. The molecular formula is C23H23N3O5. The minimum atomic E-state index is -0.185. The Labute approximate surface area is 180 Å². The molecule has 3 aromatic rings. The monoisotopic (exact) mass is 421 g/mol. The molecule has 0 radical (unpaired) electrons. The van der Waals surface area contributed by atoms with E-state index in [1.807, 2.05) is 36.4 Å². The van der Waals surface area contributed by atoms with Crippen LogP contribution in [0.25, 0.3) is 0 Å². The molecule has 0 saturated carbocycles. The van der Waals surface area contributed by atoms with Crippen LogP contribution in [0, 0.1) is 0 Å². The number of nitrogens with zero attached hydrogens (tertiary/aromatic N) is 3. The van der Waals surface area contributed by atoms with Gasteiger partial charge in [-0.3, -0.25) is 4.79 Å². The van der Waals surface area contributed by atoms with Crippen molar-refractivity contribution in [1.82, 2.24) is 14.9 Å². The highest BCUT2D eigenvalue weighted by Crippen LogP contribution is 2.32. The van der Waals surface area contributed by atoms with Crippen LogP contribution in [0.3, 0.4) is 0 Å². The van der Waals surface area contributed by atoms with E-state index in [0.717, 1.165) is 5.56 Å². The fraction of sp³-hybridized carbons (Fsp3) is 0.261. The minimum Gasteiger partial charge on any atom is -0.487 e. The second kappa shape index (κ2) is 10.4. The van der Waals surface area contributed by atoms with Crippen LogP contribution in [0.5, 0.6) is 23.3 Å². The molecule has 0 fully saturated rings. The van der Waals surface area contributed by atoms with Gasteiger partial charge in [-0.15, -0.1) is 0 Å². The third kappa shape index (κ3) is 5.70. The van der Waals surface area contributed by atoms with Crippen molar-refractivity contribution in [2.24, 2.45) is 0 Å². The summed E-state index contributed by atoms with van der Waals surface area (Å²) in [7, 11) is 0. The Morgan fingerprint density at radius 2 is 1.77 bits per heavy atom. The highest BCUT2D eigenvalue weighted by molar-refractivity contribution is 5.77. The van der Waals surface area contributed by atoms with Gasteiger partial charge in [-0.2, -0.15) is 0 Å². The van der Waals surface area contributed by atoms with E-state index in [2.05, 4.69) is 9.97 Å². The lowest BCUT2D eigenvalue weighted by molar-refractivity contribution is -0.134. The molecular weight excluding hydrogens is 398 g/mol.